The lowest BCUT2D eigenvalue weighted by Gasteiger charge is -2.39. The first-order chi connectivity index (χ1) is 15.4. The van der Waals surface area contributed by atoms with Gasteiger partial charge in [0.2, 0.25) is 11.8 Å². The second kappa shape index (κ2) is 8.06. The predicted molar refractivity (Wildman–Crippen MR) is 114 cm³/mol. The highest BCUT2D eigenvalue weighted by molar-refractivity contribution is 6.23. The average Bonchev–Trinajstić information content (AvgIpc) is 3.32. The van der Waals surface area contributed by atoms with Crippen LogP contribution in [0, 0.1) is 5.92 Å². The maximum atomic E-state index is 13.0. The lowest BCUT2D eigenvalue weighted by Crippen LogP contribution is -2.54. The minimum atomic E-state index is -0.946. The third kappa shape index (κ3) is 3.64. The van der Waals surface area contributed by atoms with Gasteiger partial charge >= 0.3 is 0 Å². The molecule has 0 bridgehead atoms. The number of nitrogens with one attached hydrogen (secondary N) is 2. The molecule has 3 fully saturated rings. The summed E-state index contributed by atoms with van der Waals surface area (Å²) in [6.45, 7) is 3.95. The molecule has 4 amide bonds. The fourth-order valence-corrected chi connectivity index (χ4v) is 5.55. The minimum absolute atomic E-state index is 0.107. The summed E-state index contributed by atoms with van der Waals surface area (Å²) < 4.78 is 0. The van der Waals surface area contributed by atoms with Crippen molar-refractivity contribution in [1.29, 1.82) is 0 Å². The van der Waals surface area contributed by atoms with Crippen molar-refractivity contribution in [3.8, 4) is 0 Å². The van der Waals surface area contributed by atoms with Crippen LogP contribution in [0.1, 0.15) is 58.4 Å². The molecule has 0 radical (unpaired) electrons. The second-order valence-corrected chi connectivity index (χ2v) is 9.41. The van der Waals surface area contributed by atoms with Crippen LogP contribution in [0.2, 0.25) is 0 Å². The fraction of sp³-hybridized carbons (Fsp3) is 0.565. The van der Waals surface area contributed by atoms with E-state index in [2.05, 4.69) is 15.5 Å². The first-order valence-corrected chi connectivity index (χ1v) is 11.4. The molecule has 3 N–H and O–H groups in total. The van der Waals surface area contributed by atoms with Gasteiger partial charge in [-0.3, -0.25) is 34.3 Å². The molecular weight excluding hydrogens is 412 g/mol. The maximum absolute atomic E-state index is 13.0. The monoisotopic (exact) mass is 440 g/mol. The average molecular weight is 441 g/mol. The Morgan fingerprint density at radius 3 is 2.47 bits per heavy atom. The third-order valence-corrected chi connectivity index (χ3v) is 7.42. The van der Waals surface area contributed by atoms with Gasteiger partial charge in [-0.25, -0.2) is 0 Å². The molecule has 4 aliphatic heterocycles. The molecule has 1 aromatic rings. The highest BCUT2D eigenvalue weighted by Crippen LogP contribution is 2.34. The van der Waals surface area contributed by atoms with E-state index in [9.17, 15) is 24.3 Å². The summed E-state index contributed by atoms with van der Waals surface area (Å²) in [5.41, 5.74) is 0.970. The number of carbonyl (C=O) groups is 4. The zero-order valence-electron chi connectivity index (χ0n) is 17.9. The van der Waals surface area contributed by atoms with Gasteiger partial charge in [0.1, 0.15) is 6.04 Å². The Morgan fingerprint density at radius 1 is 1.03 bits per heavy atom. The van der Waals surface area contributed by atoms with E-state index < -0.39 is 29.4 Å². The Kier molecular flexibility index (Phi) is 5.35. The highest BCUT2D eigenvalue weighted by Gasteiger charge is 2.45. The van der Waals surface area contributed by atoms with Crippen molar-refractivity contribution in [3.63, 3.8) is 0 Å². The quantitative estimate of drug-likeness (QED) is 0.565. The summed E-state index contributed by atoms with van der Waals surface area (Å²) in [4.78, 5) is 52.8. The molecule has 3 saturated heterocycles. The van der Waals surface area contributed by atoms with Crippen molar-refractivity contribution in [2.45, 2.75) is 50.3 Å². The van der Waals surface area contributed by atoms with E-state index in [4.69, 9.17) is 0 Å². The van der Waals surface area contributed by atoms with E-state index in [1.807, 2.05) is 6.07 Å². The van der Waals surface area contributed by atoms with Crippen LogP contribution < -0.4 is 10.6 Å². The van der Waals surface area contributed by atoms with Gasteiger partial charge in [-0.1, -0.05) is 6.07 Å². The number of fused-ring (bicyclic) bond motifs is 1. The highest BCUT2D eigenvalue weighted by atomic mass is 16.3. The second-order valence-electron chi connectivity index (χ2n) is 9.41. The summed E-state index contributed by atoms with van der Waals surface area (Å²) in [5, 5.41) is 16.3. The van der Waals surface area contributed by atoms with E-state index in [0.29, 0.717) is 30.1 Å². The molecule has 0 saturated carbocycles. The van der Waals surface area contributed by atoms with Crippen LogP contribution in [-0.4, -0.2) is 76.4 Å². The number of carbonyl (C=O) groups excluding carboxylic acids is 4. The summed E-state index contributed by atoms with van der Waals surface area (Å²) >= 11 is 0. The van der Waals surface area contributed by atoms with Gasteiger partial charge in [-0.15, -0.1) is 0 Å². The van der Waals surface area contributed by atoms with Gasteiger partial charge in [0.15, 0.2) is 0 Å². The Labute approximate surface area is 186 Å². The zero-order chi connectivity index (χ0) is 22.5. The minimum Gasteiger partial charge on any atom is -0.388 e. The van der Waals surface area contributed by atoms with Gasteiger partial charge in [0, 0.05) is 19.5 Å². The molecule has 9 nitrogen and oxygen atoms in total. The molecule has 0 spiro atoms. The lowest BCUT2D eigenvalue weighted by molar-refractivity contribution is -0.136. The Balaban J connectivity index is 1.25. The standard InChI is InChI=1S/C23H28N4O5/c28-19-4-3-18(20(29)25-19)27-21(30)16-2-1-14(11-17(16)22(27)31)12-26-9-5-15(6-10-26)23(32)7-8-24-13-23/h1-2,11,15,18,24,32H,3-10,12-13H2,(H,25,28,29). The van der Waals surface area contributed by atoms with Crippen molar-refractivity contribution in [3.05, 3.63) is 34.9 Å². The summed E-state index contributed by atoms with van der Waals surface area (Å²) in [6.07, 6.45) is 2.94. The van der Waals surface area contributed by atoms with Crippen LogP contribution >= 0.6 is 0 Å². The van der Waals surface area contributed by atoms with E-state index in [0.717, 1.165) is 49.4 Å². The molecule has 2 unspecified atom stereocenters. The van der Waals surface area contributed by atoms with Crippen molar-refractivity contribution >= 4 is 23.6 Å². The van der Waals surface area contributed by atoms with Gasteiger partial charge in [0.05, 0.1) is 16.7 Å². The van der Waals surface area contributed by atoms with Crippen molar-refractivity contribution in [1.82, 2.24) is 20.4 Å². The van der Waals surface area contributed by atoms with Crippen LogP contribution in [0.15, 0.2) is 18.2 Å². The largest absolute Gasteiger partial charge is 0.388 e. The smallest absolute Gasteiger partial charge is 0.262 e. The topological polar surface area (TPSA) is 119 Å². The summed E-state index contributed by atoms with van der Waals surface area (Å²) in [7, 11) is 0. The van der Waals surface area contributed by atoms with Crippen LogP contribution in [0.3, 0.4) is 0 Å². The molecule has 32 heavy (non-hydrogen) atoms. The van der Waals surface area contributed by atoms with E-state index in [-0.39, 0.29) is 18.7 Å². The molecule has 0 aromatic heterocycles. The number of imide groups is 2. The predicted octanol–water partition coefficient (Wildman–Crippen LogP) is 0.0242. The number of amides is 4. The molecule has 4 aliphatic rings. The van der Waals surface area contributed by atoms with Gasteiger partial charge in [-0.05, 0) is 68.9 Å². The number of benzene rings is 1. The number of nitrogens with zero attached hydrogens (tertiary/aromatic N) is 2. The Morgan fingerprint density at radius 2 is 1.78 bits per heavy atom. The number of hydrogen-bond acceptors (Lipinski definition) is 7. The first kappa shape index (κ1) is 21.2. The number of hydrogen-bond donors (Lipinski definition) is 3. The molecule has 4 heterocycles. The van der Waals surface area contributed by atoms with Crippen LogP contribution in [-0.2, 0) is 16.1 Å². The van der Waals surface area contributed by atoms with Crippen LogP contribution in [0.4, 0.5) is 0 Å². The number of aliphatic hydroxyl groups is 1. The molecule has 9 heteroatoms. The van der Waals surface area contributed by atoms with E-state index >= 15 is 0 Å². The van der Waals surface area contributed by atoms with Crippen LogP contribution in [0.5, 0.6) is 0 Å². The molecule has 1 aromatic carbocycles. The normalized spacial score (nSPS) is 29.5. The zero-order valence-corrected chi connectivity index (χ0v) is 17.9. The molecular formula is C23H28N4O5. The lowest BCUT2D eigenvalue weighted by atomic mass is 9.80. The molecule has 170 valence electrons. The number of rotatable bonds is 4. The van der Waals surface area contributed by atoms with E-state index in [1.54, 1.807) is 12.1 Å². The third-order valence-electron chi connectivity index (χ3n) is 7.42. The number of piperidine rings is 2. The fourth-order valence-electron chi connectivity index (χ4n) is 5.55. The molecule has 2 atom stereocenters. The van der Waals surface area contributed by atoms with Crippen molar-refractivity contribution in [2.24, 2.45) is 5.92 Å². The molecule has 0 aliphatic carbocycles. The molecule has 5 rings (SSSR count). The van der Waals surface area contributed by atoms with Crippen molar-refractivity contribution in [2.75, 3.05) is 26.2 Å². The Hall–Kier alpha value is -2.62. The van der Waals surface area contributed by atoms with Crippen molar-refractivity contribution < 1.29 is 24.3 Å². The van der Waals surface area contributed by atoms with Crippen LogP contribution in [0.25, 0.3) is 0 Å². The number of likely N-dealkylation sites (tertiary alicyclic amines) is 1. The Bertz CT molecular complexity index is 979. The summed E-state index contributed by atoms with van der Waals surface area (Å²) in [5.74, 6) is -1.64. The number of β-amino-alcohol motifs (C(OH)–C–C–N with tert-alkyl or cyclic N) is 1. The van der Waals surface area contributed by atoms with E-state index in [1.165, 1.54) is 0 Å². The van der Waals surface area contributed by atoms with Gasteiger partial charge in [0.25, 0.3) is 11.8 Å². The van der Waals surface area contributed by atoms with Gasteiger partial charge < -0.3 is 10.4 Å². The van der Waals surface area contributed by atoms with Gasteiger partial charge in [-0.2, -0.15) is 0 Å². The maximum Gasteiger partial charge on any atom is 0.262 e. The SMILES string of the molecule is O=C1CCC(N2C(=O)c3ccc(CN4CCC(C5(O)CCNC5)CC4)cc3C2=O)C(=O)N1. The first-order valence-electron chi connectivity index (χ1n) is 11.4. The summed E-state index contributed by atoms with van der Waals surface area (Å²) in [6, 6.07) is 4.33.